The van der Waals surface area contributed by atoms with Gasteiger partial charge in [-0.1, -0.05) is 24.3 Å². The van der Waals surface area contributed by atoms with Gasteiger partial charge in [-0.25, -0.2) is 0 Å². The number of nitrogen functional groups attached to an aromatic ring is 1. The van der Waals surface area contributed by atoms with Gasteiger partial charge in [0, 0.05) is 16.2 Å². The molecule has 2 aromatic rings. The number of amidine groups is 1. The zero-order valence-corrected chi connectivity index (χ0v) is 12.5. The van der Waals surface area contributed by atoms with E-state index in [0.717, 1.165) is 22.0 Å². The summed E-state index contributed by atoms with van der Waals surface area (Å²) in [5.74, 6) is 1.71. The second kappa shape index (κ2) is 6.48. The fourth-order valence-electron chi connectivity index (χ4n) is 1.90. The Kier molecular flexibility index (Phi) is 4.69. The standard InChI is InChI=1S/C16H18N2OS/c1-11-5-3-4-6-12(11)10-20-15-9-13(19-2)7-8-14(15)16(17)18/h3-9H,10H2,1-2H3,(H3,17,18). The SMILES string of the molecule is COc1ccc(C(=N)N)c(SCc2ccccc2C)c1. The Bertz CT molecular complexity index is 626. The second-order valence-electron chi connectivity index (χ2n) is 4.49. The molecule has 0 aliphatic heterocycles. The van der Waals surface area contributed by atoms with Gasteiger partial charge >= 0.3 is 0 Å². The maximum absolute atomic E-state index is 7.65. The van der Waals surface area contributed by atoms with E-state index in [1.807, 2.05) is 30.3 Å². The van der Waals surface area contributed by atoms with Crippen LogP contribution in [-0.2, 0) is 5.75 Å². The van der Waals surface area contributed by atoms with Gasteiger partial charge in [0.1, 0.15) is 11.6 Å². The number of rotatable bonds is 5. The minimum absolute atomic E-state index is 0.0833. The maximum atomic E-state index is 7.65. The predicted molar refractivity (Wildman–Crippen MR) is 84.8 cm³/mol. The number of hydrogen-bond donors (Lipinski definition) is 2. The van der Waals surface area contributed by atoms with Crippen molar-refractivity contribution in [3.05, 3.63) is 59.2 Å². The molecule has 3 nitrogen and oxygen atoms in total. The molecule has 4 heteroatoms. The summed E-state index contributed by atoms with van der Waals surface area (Å²) in [6, 6.07) is 13.9. The number of nitrogens with one attached hydrogen (secondary N) is 1. The van der Waals surface area contributed by atoms with Crippen molar-refractivity contribution in [3.63, 3.8) is 0 Å². The van der Waals surface area contributed by atoms with Crippen LogP contribution in [0.3, 0.4) is 0 Å². The lowest BCUT2D eigenvalue weighted by Gasteiger charge is -2.11. The summed E-state index contributed by atoms with van der Waals surface area (Å²) in [5.41, 5.74) is 8.95. The maximum Gasteiger partial charge on any atom is 0.123 e. The van der Waals surface area contributed by atoms with Gasteiger partial charge in [0.25, 0.3) is 0 Å². The molecular formula is C16H18N2OS. The van der Waals surface area contributed by atoms with Gasteiger partial charge in [0.2, 0.25) is 0 Å². The molecule has 0 unspecified atom stereocenters. The van der Waals surface area contributed by atoms with Crippen molar-refractivity contribution in [2.75, 3.05) is 7.11 Å². The first-order chi connectivity index (χ1) is 9.61. The summed E-state index contributed by atoms with van der Waals surface area (Å²) < 4.78 is 5.24. The summed E-state index contributed by atoms with van der Waals surface area (Å²) in [4.78, 5) is 0.972. The van der Waals surface area contributed by atoms with Crippen molar-refractivity contribution >= 4 is 17.6 Å². The van der Waals surface area contributed by atoms with Crippen LogP contribution in [0.25, 0.3) is 0 Å². The summed E-state index contributed by atoms with van der Waals surface area (Å²) >= 11 is 1.67. The number of aryl methyl sites for hydroxylation is 1. The van der Waals surface area contributed by atoms with Gasteiger partial charge < -0.3 is 10.5 Å². The van der Waals surface area contributed by atoms with E-state index in [2.05, 4.69) is 19.1 Å². The number of ether oxygens (including phenoxy) is 1. The average molecular weight is 286 g/mol. The molecule has 0 aliphatic rings. The molecule has 0 amide bonds. The van der Waals surface area contributed by atoms with Gasteiger partial charge in [0.15, 0.2) is 0 Å². The highest BCUT2D eigenvalue weighted by Gasteiger charge is 2.08. The fourth-order valence-corrected chi connectivity index (χ4v) is 3.07. The lowest BCUT2D eigenvalue weighted by atomic mass is 10.1. The Hall–Kier alpha value is -1.94. The van der Waals surface area contributed by atoms with Crippen molar-refractivity contribution < 1.29 is 4.74 Å². The van der Waals surface area contributed by atoms with Crippen molar-refractivity contribution in [3.8, 4) is 5.75 Å². The van der Waals surface area contributed by atoms with E-state index in [0.29, 0.717) is 0 Å². The van der Waals surface area contributed by atoms with Crippen LogP contribution >= 0.6 is 11.8 Å². The molecule has 0 aliphatic carbocycles. The van der Waals surface area contributed by atoms with E-state index in [1.54, 1.807) is 18.9 Å². The van der Waals surface area contributed by atoms with Gasteiger partial charge in [-0.2, -0.15) is 0 Å². The van der Waals surface area contributed by atoms with Crippen LogP contribution in [0.2, 0.25) is 0 Å². The summed E-state index contributed by atoms with van der Waals surface area (Å²) in [5, 5.41) is 7.65. The quantitative estimate of drug-likeness (QED) is 0.502. The Balaban J connectivity index is 2.24. The lowest BCUT2D eigenvalue weighted by molar-refractivity contribution is 0.413. The van der Waals surface area contributed by atoms with Crippen LogP contribution in [0.5, 0.6) is 5.75 Å². The van der Waals surface area contributed by atoms with Crippen LogP contribution in [0.15, 0.2) is 47.4 Å². The number of nitrogens with two attached hydrogens (primary N) is 1. The molecule has 0 spiro atoms. The Labute approximate surface area is 123 Å². The smallest absolute Gasteiger partial charge is 0.123 e. The van der Waals surface area contributed by atoms with E-state index in [4.69, 9.17) is 15.9 Å². The highest BCUT2D eigenvalue weighted by molar-refractivity contribution is 7.98. The van der Waals surface area contributed by atoms with Crippen LogP contribution in [-0.4, -0.2) is 12.9 Å². The molecule has 0 heterocycles. The van der Waals surface area contributed by atoms with Crippen molar-refractivity contribution in [1.82, 2.24) is 0 Å². The molecule has 20 heavy (non-hydrogen) atoms. The van der Waals surface area contributed by atoms with Gasteiger partial charge in [-0.15, -0.1) is 11.8 Å². The summed E-state index contributed by atoms with van der Waals surface area (Å²) in [6.45, 7) is 2.10. The fraction of sp³-hybridized carbons (Fsp3) is 0.188. The van der Waals surface area contributed by atoms with Gasteiger partial charge in [-0.05, 0) is 36.2 Å². The van der Waals surface area contributed by atoms with Crippen molar-refractivity contribution in [2.24, 2.45) is 5.73 Å². The van der Waals surface area contributed by atoms with E-state index in [9.17, 15) is 0 Å². The largest absolute Gasteiger partial charge is 0.497 e. The first-order valence-electron chi connectivity index (χ1n) is 6.31. The van der Waals surface area contributed by atoms with Crippen LogP contribution < -0.4 is 10.5 Å². The topological polar surface area (TPSA) is 59.1 Å². The molecule has 0 aromatic heterocycles. The minimum Gasteiger partial charge on any atom is -0.497 e. The van der Waals surface area contributed by atoms with Gasteiger partial charge in [-0.3, -0.25) is 5.41 Å². The number of benzene rings is 2. The van der Waals surface area contributed by atoms with Gasteiger partial charge in [0.05, 0.1) is 7.11 Å². The molecule has 3 N–H and O–H groups in total. The third-order valence-corrected chi connectivity index (χ3v) is 4.23. The van der Waals surface area contributed by atoms with E-state index >= 15 is 0 Å². The third kappa shape index (κ3) is 3.33. The van der Waals surface area contributed by atoms with Crippen molar-refractivity contribution in [1.29, 1.82) is 5.41 Å². The lowest BCUT2D eigenvalue weighted by Crippen LogP contribution is -2.12. The highest BCUT2D eigenvalue weighted by atomic mass is 32.2. The summed E-state index contributed by atoms with van der Waals surface area (Å²) in [7, 11) is 1.64. The normalized spacial score (nSPS) is 10.3. The van der Waals surface area contributed by atoms with E-state index < -0.39 is 0 Å². The molecule has 0 radical (unpaired) electrons. The zero-order valence-electron chi connectivity index (χ0n) is 11.6. The first-order valence-corrected chi connectivity index (χ1v) is 7.30. The van der Waals surface area contributed by atoms with Crippen LogP contribution in [0.4, 0.5) is 0 Å². The Morgan fingerprint density at radius 3 is 2.65 bits per heavy atom. The number of thioether (sulfide) groups is 1. The second-order valence-corrected chi connectivity index (χ2v) is 5.51. The average Bonchev–Trinajstić information content (AvgIpc) is 2.46. The first kappa shape index (κ1) is 14.5. The molecule has 0 saturated carbocycles. The summed E-state index contributed by atoms with van der Waals surface area (Å²) in [6.07, 6.45) is 0. The number of methoxy groups -OCH3 is 1. The van der Waals surface area contributed by atoms with Crippen molar-refractivity contribution in [2.45, 2.75) is 17.6 Å². The molecule has 0 atom stereocenters. The predicted octanol–water partition coefficient (Wildman–Crippen LogP) is 3.58. The zero-order chi connectivity index (χ0) is 14.5. The van der Waals surface area contributed by atoms with Crippen LogP contribution in [0, 0.1) is 12.3 Å². The molecule has 0 bridgehead atoms. The monoisotopic (exact) mass is 286 g/mol. The molecule has 0 saturated heterocycles. The minimum atomic E-state index is 0.0833. The molecular weight excluding hydrogens is 268 g/mol. The molecule has 2 aromatic carbocycles. The molecule has 104 valence electrons. The highest BCUT2D eigenvalue weighted by Crippen LogP contribution is 2.30. The van der Waals surface area contributed by atoms with Crippen LogP contribution in [0.1, 0.15) is 16.7 Å². The third-order valence-electron chi connectivity index (χ3n) is 3.12. The molecule has 0 fully saturated rings. The molecule has 2 rings (SSSR count). The van der Waals surface area contributed by atoms with E-state index in [-0.39, 0.29) is 5.84 Å². The Morgan fingerprint density at radius 2 is 2.00 bits per heavy atom. The van der Waals surface area contributed by atoms with E-state index in [1.165, 1.54) is 11.1 Å². The Morgan fingerprint density at radius 1 is 1.25 bits per heavy atom. The number of hydrogen-bond acceptors (Lipinski definition) is 3.